The van der Waals surface area contributed by atoms with Crippen molar-refractivity contribution < 1.29 is 10.0 Å². The topological polar surface area (TPSA) is 90.4 Å². The van der Waals surface area contributed by atoms with E-state index < -0.39 is 4.92 Å². The van der Waals surface area contributed by atoms with E-state index >= 15 is 0 Å². The molecule has 0 aliphatic carbocycles. The van der Waals surface area contributed by atoms with E-state index in [1.165, 1.54) is 12.1 Å². The SMILES string of the molecule is N#Cc1ccc(N2CCC(O)CC2)cc1[N+](=O)[O-]. The fraction of sp³-hybridized carbons (Fsp3) is 0.417. The summed E-state index contributed by atoms with van der Waals surface area (Å²) < 4.78 is 0. The maximum Gasteiger partial charge on any atom is 0.289 e. The van der Waals surface area contributed by atoms with Crippen molar-refractivity contribution in [3.8, 4) is 6.07 Å². The van der Waals surface area contributed by atoms with E-state index in [0.717, 1.165) is 5.69 Å². The Balaban J connectivity index is 2.27. The fourth-order valence-corrected chi connectivity index (χ4v) is 2.09. The van der Waals surface area contributed by atoms with E-state index in [1.807, 2.05) is 11.0 Å². The first-order valence-corrected chi connectivity index (χ1v) is 5.73. The molecule has 1 aromatic carbocycles. The zero-order valence-corrected chi connectivity index (χ0v) is 9.74. The highest BCUT2D eigenvalue weighted by atomic mass is 16.6. The Morgan fingerprint density at radius 3 is 2.67 bits per heavy atom. The standard InChI is InChI=1S/C12H13N3O3/c13-8-9-1-2-10(7-12(9)15(17)18)14-5-3-11(16)4-6-14/h1-2,7,11,16H,3-6H2. The Bertz CT molecular complexity index is 502. The molecule has 0 spiro atoms. The third-order valence-corrected chi connectivity index (χ3v) is 3.13. The van der Waals surface area contributed by atoms with Gasteiger partial charge in [0.1, 0.15) is 11.6 Å². The molecule has 0 radical (unpaired) electrons. The van der Waals surface area contributed by atoms with Crippen molar-refractivity contribution >= 4 is 11.4 Å². The van der Waals surface area contributed by atoms with Gasteiger partial charge in [-0.05, 0) is 25.0 Å². The van der Waals surface area contributed by atoms with Crippen LogP contribution in [0.5, 0.6) is 0 Å². The third kappa shape index (κ3) is 2.41. The van der Waals surface area contributed by atoms with Crippen LogP contribution in [0.15, 0.2) is 18.2 Å². The highest BCUT2D eigenvalue weighted by Crippen LogP contribution is 2.27. The van der Waals surface area contributed by atoms with Crippen molar-refractivity contribution in [1.82, 2.24) is 0 Å². The van der Waals surface area contributed by atoms with Crippen molar-refractivity contribution in [2.24, 2.45) is 0 Å². The molecular formula is C12H13N3O3. The van der Waals surface area contributed by atoms with Gasteiger partial charge in [-0.15, -0.1) is 0 Å². The first-order chi connectivity index (χ1) is 8.61. The molecule has 0 atom stereocenters. The minimum absolute atomic E-state index is 0.0702. The van der Waals surface area contributed by atoms with Crippen LogP contribution < -0.4 is 4.90 Å². The average molecular weight is 247 g/mol. The van der Waals surface area contributed by atoms with E-state index in [0.29, 0.717) is 25.9 Å². The normalized spacial score (nSPS) is 16.3. The largest absolute Gasteiger partial charge is 0.393 e. The van der Waals surface area contributed by atoms with Crippen LogP contribution in [-0.2, 0) is 0 Å². The number of nitro benzene ring substituents is 1. The number of nitro groups is 1. The number of anilines is 1. The van der Waals surface area contributed by atoms with Gasteiger partial charge in [-0.2, -0.15) is 5.26 Å². The molecular weight excluding hydrogens is 234 g/mol. The van der Waals surface area contributed by atoms with Crippen LogP contribution in [0, 0.1) is 21.4 Å². The lowest BCUT2D eigenvalue weighted by atomic mass is 10.1. The Morgan fingerprint density at radius 1 is 1.44 bits per heavy atom. The summed E-state index contributed by atoms with van der Waals surface area (Å²) in [7, 11) is 0. The maximum atomic E-state index is 10.9. The second kappa shape index (κ2) is 5.02. The number of hydrogen-bond acceptors (Lipinski definition) is 5. The Hall–Kier alpha value is -2.13. The highest BCUT2D eigenvalue weighted by Gasteiger charge is 2.20. The van der Waals surface area contributed by atoms with Crippen molar-refractivity contribution in [2.45, 2.75) is 18.9 Å². The zero-order chi connectivity index (χ0) is 13.1. The van der Waals surface area contributed by atoms with E-state index in [2.05, 4.69) is 0 Å². The first kappa shape index (κ1) is 12.3. The van der Waals surface area contributed by atoms with Crippen molar-refractivity contribution in [3.05, 3.63) is 33.9 Å². The molecule has 1 aliphatic heterocycles. The molecule has 18 heavy (non-hydrogen) atoms. The summed E-state index contributed by atoms with van der Waals surface area (Å²) >= 11 is 0. The van der Waals surface area contributed by atoms with E-state index in [4.69, 9.17) is 5.26 Å². The number of aliphatic hydroxyl groups is 1. The number of aliphatic hydroxyl groups excluding tert-OH is 1. The predicted molar refractivity (Wildman–Crippen MR) is 65.3 cm³/mol. The summed E-state index contributed by atoms with van der Waals surface area (Å²) in [5, 5.41) is 29.1. The minimum Gasteiger partial charge on any atom is -0.393 e. The van der Waals surface area contributed by atoms with Crippen LogP contribution in [0.3, 0.4) is 0 Å². The molecule has 1 aliphatic rings. The van der Waals surface area contributed by atoms with Crippen molar-refractivity contribution in [2.75, 3.05) is 18.0 Å². The molecule has 6 heteroatoms. The number of hydrogen-bond donors (Lipinski definition) is 1. The van der Waals surface area contributed by atoms with Crippen LogP contribution >= 0.6 is 0 Å². The average Bonchev–Trinajstić information content (AvgIpc) is 2.39. The summed E-state index contributed by atoms with van der Waals surface area (Å²) in [6.45, 7) is 1.34. The van der Waals surface area contributed by atoms with E-state index in [1.54, 1.807) is 6.07 Å². The summed E-state index contributed by atoms with van der Waals surface area (Å²) in [5.74, 6) is 0. The highest BCUT2D eigenvalue weighted by molar-refractivity contribution is 5.60. The fourth-order valence-electron chi connectivity index (χ4n) is 2.09. The number of nitriles is 1. The molecule has 1 saturated heterocycles. The minimum atomic E-state index is -0.541. The molecule has 2 rings (SSSR count). The van der Waals surface area contributed by atoms with Gasteiger partial charge in [-0.1, -0.05) is 0 Å². The molecule has 94 valence electrons. The van der Waals surface area contributed by atoms with Gasteiger partial charge in [0.15, 0.2) is 0 Å². The number of nitrogens with zero attached hydrogens (tertiary/aromatic N) is 3. The molecule has 0 saturated carbocycles. The zero-order valence-electron chi connectivity index (χ0n) is 9.74. The number of piperidine rings is 1. The molecule has 1 aromatic rings. The van der Waals surface area contributed by atoms with Crippen LogP contribution in [0.4, 0.5) is 11.4 Å². The van der Waals surface area contributed by atoms with Crippen LogP contribution in [0.2, 0.25) is 0 Å². The molecule has 0 bridgehead atoms. The molecule has 1 fully saturated rings. The summed E-state index contributed by atoms with van der Waals surface area (Å²) in [4.78, 5) is 12.3. The molecule has 0 unspecified atom stereocenters. The first-order valence-electron chi connectivity index (χ1n) is 5.73. The monoisotopic (exact) mass is 247 g/mol. The smallest absolute Gasteiger partial charge is 0.289 e. The van der Waals surface area contributed by atoms with Gasteiger partial charge >= 0.3 is 0 Å². The van der Waals surface area contributed by atoms with Gasteiger partial charge in [-0.3, -0.25) is 10.1 Å². The van der Waals surface area contributed by atoms with Gasteiger partial charge < -0.3 is 10.0 Å². The van der Waals surface area contributed by atoms with Crippen LogP contribution in [-0.4, -0.2) is 29.2 Å². The second-order valence-corrected chi connectivity index (χ2v) is 4.29. The molecule has 0 aromatic heterocycles. The molecule has 6 nitrogen and oxygen atoms in total. The number of benzene rings is 1. The Labute approximate surface area is 104 Å². The van der Waals surface area contributed by atoms with Crippen molar-refractivity contribution in [3.63, 3.8) is 0 Å². The lowest BCUT2D eigenvalue weighted by Crippen LogP contribution is -2.35. The van der Waals surface area contributed by atoms with Crippen LogP contribution in [0.25, 0.3) is 0 Å². The van der Waals surface area contributed by atoms with Crippen LogP contribution in [0.1, 0.15) is 18.4 Å². The number of rotatable bonds is 2. The second-order valence-electron chi connectivity index (χ2n) is 4.29. The quantitative estimate of drug-likeness (QED) is 0.630. The summed E-state index contributed by atoms with van der Waals surface area (Å²) in [5.41, 5.74) is 0.634. The lowest BCUT2D eigenvalue weighted by molar-refractivity contribution is -0.385. The van der Waals surface area contributed by atoms with E-state index in [-0.39, 0.29) is 17.4 Å². The van der Waals surface area contributed by atoms with Gasteiger partial charge in [0.25, 0.3) is 5.69 Å². The summed E-state index contributed by atoms with van der Waals surface area (Å²) in [6, 6.07) is 6.42. The third-order valence-electron chi connectivity index (χ3n) is 3.13. The lowest BCUT2D eigenvalue weighted by Gasteiger charge is -2.31. The molecule has 0 amide bonds. The van der Waals surface area contributed by atoms with Gasteiger partial charge in [0, 0.05) is 24.8 Å². The predicted octanol–water partition coefficient (Wildman–Crippen LogP) is 1.43. The molecule has 1 N–H and O–H groups in total. The Kier molecular flexibility index (Phi) is 3.44. The van der Waals surface area contributed by atoms with Gasteiger partial charge in [0.05, 0.1) is 11.0 Å². The summed E-state index contributed by atoms with van der Waals surface area (Å²) in [6.07, 6.45) is 1.04. The Morgan fingerprint density at radius 2 is 2.11 bits per heavy atom. The maximum absolute atomic E-state index is 10.9. The molecule has 1 heterocycles. The van der Waals surface area contributed by atoms with Gasteiger partial charge in [0.2, 0.25) is 0 Å². The van der Waals surface area contributed by atoms with E-state index in [9.17, 15) is 15.2 Å². The van der Waals surface area contributed by atoms with Gasteiger partial charge in [-0.25, -0.2) is 0 Å². The van der Waals surface area contributed by atoms with Crippen molar-refractivity contribution in [1.29, 1.82) is 5.26 Å².